The first-order valence-corrected chi connectivity index (χ1v) is 7.27. The van der Waals surface area contributed by atoms with Crippen LogP contribution in [0.25, 0.3) is 0 Å². The van der Waals surface area contributed by atoms with E-state index in [4.69, 9.17) is 4.74 Å². The van der Waals surface area contributed by atoms with Crippen LogP contribution in [0.3, 0.4) is 0 Å². The maximum Gasteiger partial charge on any atom is 0.305 e. The van der Waals surface area contributed by atoms with Crippen LogP contribution in [-0.2, 0) is 9.53 Å². The lowest BCUT2D eigenvalue weighted by Crippen LogP contribution is -2.50. The van der Waals surface area contributed by atoms with E-state index < -0.39 is 0 Å². The number of likely N-dealkylation sites (tertiary alicyclic amines) is 1. The van der Waals surface area contributed by atoms with Gasteiger partial charge in [-0.2, -0.15) is 0 Å². The molecule has 0 bridgehead atoms. The Hall–Kier alpha value is -0.610. The van der Waals surface area contributed by atoms with Crippen LogP contribution in [0, 0.1) is 5.92 Å². The Kier molecular flexibility index (Phi) is 5.01. The lowest BCUT2D eigenvalue weighted by Gasteiger charge is -2.38. The molecule has 0 spiro atoms. The zero-order valence-corrected chi connectivity index (χ0v) is 11.7. The molecule has 1 saturated heterocycles. The van der Waals surface area contributed by atoms with Crippen LogP contribution >= 0.6 is 0 Å². The number of carbonyl (C=O) groups excluding carboxylic acids is 1. The average molecular weight is 254 g/mol. The van der Waals surface area contributed by atoms with E-state index in [1.54, 1.807) is 0 Å². The molecule has 2 fully saturated rings. The topological polar surface area (TPSA) is 41.6 Å². The highest BCUT2D eigenvalue weighted by Crippen LogP contribution is 2.32. The molecule has 4 nitrogen and oxygen atoms in total. The van der Waals surface area contributed by atoms with Gasteiger partial charge in [-0.15, -0.1) is 0 Å². The summed E-state index contributed by atoms with van der Waals surface area (Å²) in [5.41, 5.74) is 0. The van der Waals surface area contributed by atoms with Gasteiger partial charge >= 0.3 is 5.97 Å². The maximum absolute atomic E-state index is 11.4. The molecule has 2 rings (SSSR count). The van der Waals surface area contributed by atoms with E-state index in [0.29, 0.717) is 18.4 Å². The lowest BCUT2D eigenvalue weighted by molar-refractivity contribution is -0.142. The zero-order valence-electron chi connectivity index (χ0n) is 11.7. The van der Waals surface area contributed by atoms with Gasteiger partial charge in [-0.05, 0) is 38.1 Å². The number of rotatable bonds is 6. The molecule has 1 heterocycles. The van der Waals surface area contributed by atoms with Gasteiger partial charge in [0.05, 0.1) is 7.11 Å². The lowest BCUT2D eigenvalue weighted by atomic mass is 9.91. The molecule has 1 N–H and O–H groups in total. The predicted octanol–water partition coefficient (Wildman–Crippen LogP) is 1.40. The van der Waals surface area contributed by atoms with Crippen LogP contribution in [-0.4, -0.2) is 49.7 Å². The van der Waals surface area contributed by atoms with Crippen molar-refractivity contribution in [1.29, 1.82) is 0 Å². The van der Waals surface area contributed by atoms with E-state index >= 15 is 0 Å². The Morgan fingerprint density at radius 1 is 1.39 bits per heavy atom. The first-order valence-electron chi connectivity index (χ1n) is 7.27. The van der Waals surface area contributed by atoms with Gasteiger partial charge in [-0.3, -0.25) is 9.69 Å². The minimum absolute atomic E-state index is 0.0631. The first-order chi connectivity index (χ1) is 8.72. The minimum atomic E-state index is -0.0631. The zero-order chi connectivity index (χ0) is 13.0. The molecule has 2 unspecified atom stereocenters. The fourth-order valence-corrected chi connectivity index (χ4v) is 2.94. The summed E-state index contributed by atoms with van der Waals surface area (Å²) in [6, 6.07) is 1.34. The molecule has 4 heteroatoms. The third kappa shape index (κ3) is 3.95. The largest absolute Gasteiger partial charge is 0.469 e. The van der Waals surface area contributed by atoms with Gasteiger partial charge in [-0.1, -0.05) is 6.92 Å². The summed E-state index contributed by atoms with van der Waals surface area (Å²) in [6.45, 7) is 5.50. The molecule has 1 aliphatic carbocycles. The number of nitrogens with one attached hydrogen (secondary N) is 1. The molecule has 0 amide bonds. The third-order valence-corrected chi connectivity index (χ3v) is 3.99. The van der Waals surface area contributed by atoms with Crippen molar-refractivity contribution in [1.82, 2.24) is 10.2 Å². The summed E-state index contributed by atoms with van der Waals surface area (Å²) in [7, 11) is 1.48. The second-order valence-corrected chi connectivity index (χ2v) is 5.72. The first kappa shape index (κ1) is 13.8. The smallest absolute Gasteiger partial charge is 0.305 e. The fraction of sp³-hybridized carbons (Fsp3) is 0.929. The van der Waals surface area contributed by atoms with Crippen molar-refractivity contribution < 1.29 is 9.53 Å². The number of methoxy groups -OCH3 is 1. The van der Waals surface area contributed by atoms with Crippen LogP contribution in [0.4, 0.5) is 0 Å². The van der Waals surface area contributed by atoms with Gasteiger partial charge in [0.15, 0.2) is 0 Å². The molecule has 104 valence electrons. The van der Waals surface area contributed by atoms with Crippen LogP contribution < -0.4 is 5.32 Å². The Morgan fingerprint density at radius 2 is 2.17 bits per heavy atom. The van der Waals surface area contributed by atoms with E-state index in [0.717, 1.165) is 32.1 Å². The summed E-state index contributed by atoms with van der Waals surface area (Å²) in [5, 5.41) is 3.61. The number of piperidine rings is 1. The Morgan fingerprint density at radius 3 is 2.78 bits per heavy atom. The van der Waals surface area contributed by atoms with Crippen LogP contribution in [0.15, 0.2) is 0 Å². The molecule has 0 aromatic heterocycles. The van der Waals surface area contributed by atoms with E-state index in [9.17, 15) is 4.79 Å². The van der Waals surface area contributed by atoms with Crippen molar-refractivity contribution in [2.45, 2.75) is 51.1 Å². The second kappa shape index (κ2) is 6.53. The molecule has 0 aromatic rings. The minimum Gasteiger partial charge on any atom is -0.469 e. The van der Waals surface area contributed by atoms with Crippen LogP contribution in [0.2, 0.25) is 0 Å². The van der Waals surface area contributed by atoms with Crippen molar-refractivity contribution in [3.63, 3.8) is 0 Å². The number of ether oxygens (including phenoxy) is 1. The molecule has 1 saturated carbocycles. The molecule has 2 aliphatic rings. The Labute approximate surface area is 110 Å². The van der Waals surface area contributed by atoms with Crippen molar-refractivity contribution in [2.24, 2.45) is 5.92 Å². The number of hydrogen-bond donors (Lipinski definition) is 1. The predicted molar refractivity (Wildman–Crippen MR) is 71.4 cm³/mol. The standard InChI is InChI=1S/C14H26N2O2/c1-3-6-15-12-7-11(8-14(17)18-2)9-16(10-12)13-4-5-13/h11-13,15H,3-10H2,1-2H3. The van der Waals surface area contributed by atoms with Gasteiger partial charge in [0.1, 0.15) is 0 Å². The van der Waals surface area contributed by atoms with E-state index in [1.807, 2.05) is 0 Å². The molecule has 1 aliphatic heterocycles. The van der Waals surface area contributed by atoms with Crippen molar-refractivity contribution in [3.05, 3.63) is 0 Å². The Bertz CT molecular complexity index is 279. The third-order valence-electron chi connectivity index (χ3n) is 3.99. The van der Waals surface area contributed by atoms with Gasteiger partial charge in [0.2, 0.25) is 0 Å². The number of carbonyl (C=O) groups is 1. The van der Waals surface area contributed by atoms with Gasteiger partial charge in [-0.25, -0.2) is 0 Å². The van der Waals surface area contributed by atoms with E-state index in [1.165, 1.54) is 26.4 Å². The summed E-state index contributed by atoms with van der Waals surface area (Å²) in [6.07, 6.45) is 5.53. The molecule has 0 radical (unpaired) electrons. The highest BCUT2D eigenvalue weighted by atomic mass is 16.5. The SMILES string of the molecule is CCCNC1CC(CC(=O)OC)CN(C2CC2)C1. The highest BCUT2D eigenvalue weighted by Gasteiger charge is 2.36. The fourth-order valence-electron chi connectivity index (χ4n) is 2.94. The second-order valence-electron chi connectivity index (χ2n) is 5.72. The summed E-state index contributed by atoms with van der Waals surface area (Å²) in [5.74, 6) is 0.396. The molecular weight excluding hydrogens is 228 g/mol. The normalized spacial score (nSPS) is 29.2. The van der Waals surface area contributed by atoms with Gasteiger partial charge < -0.3 is 10.1 Å². The molecule has 0 aromatic carbocycles. The number of nitrogens with zero attached hydrogens (tertiary/aromatic N) is 1. The monoisotopic (exact) mass is 254 g/mol. The number of hydrogen-bond acceptors (Lipinski definition) is 4. The van der Waals surface area contributed by atoms with Crippen molar-refractivity contribution in [3.8, 4) is 0 Å². The quantitative estimate of drug-likeness (QED) is 0.728. The van der Waals surface area contributed by atoms with Crippen molar-refractivity contribution in [2.75, 3.05) is 26.7 Å². The number of esters is 1. The molecule has 2 atom stereocenters. The molecule has 18 heavy (non-hydrogen) atoms. The summed E-state index contributed by atoms with van der Waals surface area (Å²) >= 11 is 0. The van der Waals surface area contributed by atoms with Gasteiger partial charge in [0, 0.05) is 31.6 Å². The summed E-state index contributed by atoms with van der Waals surface area (Å²) < 4.78 is 4.80. The average Bonchev–Trinajstić information content (AvgIpc) is 3.20. The van der Waals surface area contributed by atoms with Gasteiger partial charge in [0.25, 0.3) is 0 Å². The highest BCUT2D eigenvalue weighted by molar-refractivity contribution is 5.69. The summed E-state index contributed by atoms with van der Waals surface area (Å²) in [4.78, 5) is 14.0. The van der Waals surface area contributed by atoms with Crippen LogP contribution in [0.5, 0.6) is 0 Å². The Balaban J connectivity index is 1.86. The molecular formula is C14H26N2O2. The van der Waals surface area contributed by atoms with Crippen LogP contribution in [0.1, 0.15) is 39.0 Å². The van der Waals surface area contributed by atoms with E-state index in [2.05, 4.69) is 17.1 Å². The van der Waals surface area contributed by atoms with E-state index in [-0.39, 0.29) is 5.97 Å². The maximum atomic E-state index is 11.4. The van der Waals surface area contributed by atoms with Crippen molar-refractivity contribution >= 4 is 5.97 Å².